The van der Waals surface area contributed by atoms with Crippen LogP contribution in [0.3, 0.4) is 0 Å². The van der Waals surface area contributed by atoms with E-state index in [0.717, 1.165) is 21.3 Å². The number of nitrogens with two attached hydrogens (primary N) is 1. The Kier molecular flexibility index (Phi) is 3.99. The van der Waals surface area contributed by atoms with Gasteiger partial charge < -0.3 is 10.5 Å². The van der Waals surface area contributed by atoms with Crippen molar-refractivity contribution < 1.29 is 4.74 Å². The summed E-state index contributed by atoms with van der Waals surface area (Å²) in [7, 11) is 0. The fourth-order valence-corrected chi connectivity index (χ4v) is 1.96. The van der Waals surface area contributed by atoms with E-state index in [2.05, 4.69) is 20.9 Å². The Morgan fingerprint density at radius 2 is 2.11 bits per heavy atom. The molecule has 4 heteroatoms. The van der Waals surface area contributed by atoms with Gasteiger partial charge in [0.15, 0.2) is 0 Å². The summed E-state index contributed by atoms with van der Waals surface area (Å²) in [5, 5.41) is 0. The Morgan fingerprint density at radius 3 is 2.83 bits per heavy atom. The van der Waals surface area contributed by atoms with Crippen molar-refractivity contribution in [2.24, 2.45) is 5.73 Å². The van der Waals surface area contributed by atoms with Gasteiger partial charge >= 0.3 is 0 Å². The number of halogens is 1. The number of rotatable bonds is 3. The zero-order chi connectivity index (χ0) is 13.1. The molecule has 0 bridgehead atoms. The number of ether oxygens (including phenoxy) is 1. The lowest BCUT2D eigenvalue weighted by atomic mass is 10.1. The zero-order valence-corrected chi connectivity index (χ0v) is 11.9. The van der Waals surface area contributed by atoms with E-state index in [0.29, 0.717) is 5.88 Å². The molecule has 0 saturated heterocycles. The Hall–Kier alpha value is -1.39. The van der Waals surface area contributed by atoms with Gasteiger partial charge in [0.05, 0.1) is 0 Å². The van der Waals surface area contributed by atoms with E-state index in [9.17, 15) is 0 Å². The molecule has 2 aromatic rings. The van der Waals surface area contributed by atoms with Crippen LogP contribution in [-0.4, -0.2) is 4.98 Å². The van der Waals surface area contributed by atoms with E-state index in [1.54, 1.807) is 6.20 Å². The van der Waals surface area contributed by atoms with Crippen LogP contribution in [0.25, 0.3) is 0 Å². The van der Waals surface area contributed by atoms with Gasteiger partial charge in [-0.2, -0.15) is 0 Å². The molecule has 0 fully saturated rings. The Balaban J connectivity index is 2.37. The SMILES string of the molecule is Cc1ccc(Br)cc1Oc1ncccc1[C@@H](C)N. The van der Waals surface area contributed by atoms with E-state index in [4.69, 9.17) is 10.5 Å². The van der Waals surface area contributed by atoms with E-state index < -0.39 is 0 Å². The average molecular weight is 307 g/mol. The molecule has 18 heavy (non-hydrogen) atoms. The van der Waals surface area contributed by atoms with Crippen LogP contribution < -0.4 is 10.5 Å². The molecule has 0 aliphatic carbocycles. The van der Waals surface area contributed by atoms with Crippen molar-refractivity contribution in [1.82, 2.24) is 4.98 Å². The van der Waals surface area contributed by atoms with Crippen LogP contribution in [0, 0.1) is 6.92 Å². The highest BCUT2D eigenvalue weighted by Crippen LogP contribution is 2.30. The van der Waals surface area contributed by atoms with Crippen molar-refractivity contribution in [2.45, 2.75) is 19.9 Å². The summed E-state index contributed by atoms with van der Waals surface area (Å²) in [4.78, 5) is 4.25. The van der Waals surface area contributed by atoms with E-state index in [-0.39, 0.29) is 6.04 Å². The van der Waals surface area contributed by atoms with Gasteiger partial charge in [0.25, 0.3) is 0 Å². The summed E-state index contributed by atoms with van der Waals surface area (Å²) in [6.07, 6.45) is 1.70. The van der Waals surface area contributed by atoms with Gasteiger partial charge in [-0.05, 0) is 37.6 Å². The van der Waals surface area contributed by atoms with Gasteiger partial charge in [0.1, 0.15) is 5.75 Å². The molecule has 1 aromatic carbocycles. The maximum Gasteiger partial charge on any atom is 0.223 e. The minimum atomic E-state index is -0.110. The first-order chi connectivity index (χ1) is 8.58. The number of aryl methyl sites for hydroxylation is 1. The molecule has 2 N–H and O–H groups in total. The second-order valence-electron chi connectivity index (χ2n) is 4.20. The van der Waals surface area contributed by atoms with Crippen LogP contribution in [-0.2, 0) is 0 Å². The Bertz CT molecular complexity index is 555. The van der Waals surface area contributed by atoms with Crippen molar-refractivity contribution in [3.05, 3.63) is 52.1 Å². The minimum absolute atomic E-state index is 0.110. The minimum Gasteiger partial charge on any atom is -0.438 e. The molecule has 3 nitrogen and oxygen atoms in total. The van der Waals surface area contributed by atoms with E-state index in [1.165, 1.54) is 0 Å². The third-order valence-electron chi connectivity index (χ3n) is 2.65. The predicted octanol–water partition coefficient (Wildman–Crippen LogP) is 3.96. The molecule has 2 rings (SSSR count). The topological polar surface area (TPSA) is 48.1 Å². The highest BCUT2D eigenvalue weighted by Gasteiger charge is 2.11. The van der Waals surface area contributed by atoms with Crippen LogP contribution in [0.5, 0.6) is 11.6 Å². The third-order valence-corrected chi connectivity index (χ3v) is 3.14. The molecule has 1 heterocycles. The quantitative estimate of drug-likeness (QED) is 0.933. The Labute approximate surface area is 115 Å². The first-order valence-electron chi connectivity index (χ1n) is 5.72. The molecular formula is C14H15BrN2O. The molecule has 0 radical (unpaired) electrons. The van der Waals surface area contributed by atoms with Gasteiger partial charge in [-0.25, -0.2) is 4.98 Å². The van der Waals surface area contributed by atoms with Gasteiger partial charge in [-0.3, -0.25) is 0 Å². The second kappa shape index (κ2) is 5.50. The normalized spacial score (nSPS) is 12.2. The molecule has 0 aliphatic heterocycles. The first-order valence-corrected chi connectivity index (χ1v) is 6.51. The molecule has 0 unspecified atom stereocenters. The number of aromatic nitrogens is 1. The molecule has 0 saturated carbocycles. The fraction of sp³-hybridized carbons (Fsp3) is 0.214. The maximum atomic E-state index is 5.91. The lowest BCUT2D eigenvalue weighted by Crippen LogP contribution is -2.07. The van der Waals surface area contributed by atoms with Crippen molar-refractivity contribution in [2.75, 3.05) is 0 Å². The van der Waals surface area contributed by atoms with Crippen molar-refractivity contribution in [1.29, 1.82) is 0 Å². The van der Waals surface area contributed by atoms with Crippen LogP contribution in [0.15, 0.2) is 41.0 Å². The number of hydrogen-bond acceptors (Lipinski definition) is 3. The maximum absolute atomic E-state index is 5.91. The van der Waals surface area contributed by atoms with Crippen molar-refractivity contribution in [3.63, 3.8) is 0 Å². The van der Waals surface area contributed by atoms with Gasteiger partial charge in [-0.1, -0.05) is 28.1 Å². The summed E-state index contributed by atoms with van der Waals surface area (Å²) in [5.74, 6) is 1.35. The average Bonchev–Trinajstić information content (AvgIpc) is 2.34. The largest absolute Gasteiger partial charge is 0.438 e. The number of benzene rings is 1. The van der Waals surface area contributed by atoms with Crippen molar-refractivity contribution in [3.8, 4) is 11.6 Å². The lowest BCUT2D eigenvalue weighted by molar-refractivity contribution is 0.448. The van der Waals surface area contributed by atoms with Crippen LogP contribution in [0.2, 0.25) is 0 Å². The molecule has 1 atom stereocenters. The number of nitrogens with zero attached hydrogens (tertiary/aromatic N) is 1. The van der Waals surface area contributed by atoms with Gasteiger partial charge in [0, 0.05) is 22.3 Å². The smallest absolute Gasteiger partial charge is 0.223 e. The monoisotopic (exact) mass is 306 g/mol. The summed E-state index contributed by atoms with van der Waals surface area (Å²) in [6, 6.07) is 9.58. The summed E-state index contributed by atoms with van der Waals surface area (Å²) < 4.78 is 6.83. The van der Waals surface area contributed by atoms with E-state index >= 15 is 0 Å². The van der Waals surface area contributed by atoms with Crippen LogP contribution in [0.4, 0.5) is 0 Å². The summed E-state index contributed by atoms with van der Waals surface area (Å²) in [6.45, 7) is 3.91. The molecule has 1 aromatic heterocycles. The van der Waals surface area contributed by atoms with Crippen LogP contribution in [0.1, 0.15) is 24.1 Å². The zero-order valence-electron chi connectivity index (χ0n) is 10.4. The molecule has 94 valence electrons. The van der Waals surface area contributed by atoms with E-state index in [1.807, 2.05) is 44.2 Å². The molecule has 0 aliphatic rings. The van der Waals surface area contributed by atoms with Gasteiger partial charge in [-0.15, -0.1) is 0 Å². The molecular weight excluding hydrogens is 292 g/mol. The molecule has 0 amide bonds. The highest BCUT2D eigenvalue weighted by molar-refractivity contribution is 9.10. The fourth-order valence-electron chi connectivity index (χ4n) is 1.62. The summed E-state index contributed by atoms with van der Waals surface area (Å²) >= 11 is 3.43. The van der Waals surface area contributed by atoms with Crippen molar-refractivity contribution >= 4 is 15.9 Å². The molecule has 0 spiro atoms. The highest BCUT2D eigenvalue weighted by atomic mass is 79.9. The predicted molar refractivity (Wildman–Crippen MR) is 75.8 cm³/mol. The number of pyridine rings is 1. The first kappa shape index (κ1) is 13.1. The van der Waals surface area contributed by atoms with Crippen LogP contribution >= 0.6 is 15.9 Å². The summed E-state index contributed by atoms with van der Waals surface area (Å²) in [5.41, 5.74) is 7.86. The second-order valence-corrected chi connectivity index (χ2v) is 5.11. The third kappa shape index (κ3) is 2.89. The standard InChI is InChI=1S/C14H15BrN2O/c1-9-5-6-11(15)8-13(9)18-14-12(10(2)16)4-3-7-17-14/h3-8,10H,16H2,1-2H3/t10-/m1/s1. The van der Waals surface area contributed by atoms with Gasteiger partial charge in [0.2, 0.25) is 5.88 Å². The number of hydrogen-bond donors (Lipinski definition) is 1. The Morgan fingerprint density at radius 1 is 1.33 bits per heavy atom. The lowest BCUT2D eigenvalue weighted by Gasteiger charge is -2.13.